The smallest absolute Gasteiger partial charge is 0.302 e. The summed E-state index contributed by atoms with van der Waals surface area (Å²) >= 11 is 0. The van der Waals surface area contributed by atoms with E-state index in [1.54, 1.807) is 6.92 Å². The van der Waals surface area contributed by atoms with Gasteiger partial charge in [-0.1, -0.05) is 0 Å². The number of carbonyl (C=O) groups excluding carboxylic acids is 2. The highest BCUT2D eigenvalue weighted by Crippen LogP contribution is 1.69. The fourth-order valence-electron chi connectivity index (χ4n) is 0.203. The van der Waals surface area contributed by atoms with E-state index in [0.717, 1.165) is 6.92 Å². The maximum Gasteiger partial charge on any atom is 0.302 e. The highest BCUT2D eigenvalue weighted by molar-refractivity contribution is 5.65. The Bertz CT molecular complexity index is 117. The van der Waals surface area contributed by atoms with Crippen molar-refractivity contribution in [3.63, 3.8) is 0 Å². The van der Waals surface area contributed by atoms with Crippen LogP contribution in [0.2, 0.25) is 0 Å². The van der Waals surface area contributed by atoms with E-state index in [2.05, 4.69) is 4.74 Å². The molecule has 0 unspecified atom stereocenters. The molecule has 0 aliphatic carbocycles. The van der Waals surface area contributed by atoms with Crippen molar-refractivity contribution in [2.45, 2.75) is 20.8 Å². The summed E-state index contributed by atoms with van der Waals surface area (Å²) in [5, 5.41) is 7.42. The van der Waals surface area contributed by atoms with Crippen LogP contribution in [0.1, 0.15) is 20.8 Å². The molecule has 0 aromatic carbocycles. The van der Waals surface area contributed by atoms with Crippen LogP contribution in [0.15, 0.2) is 0 Å². The van der Waals surface area contributed by atoms with E-state index in [9.17, 15) is 4.79 Å². The van der Waals surface area contributed by atoms with Gasteiger partial charge >= 0.3 is 5.97 Å². The van der Waals surface area contributed by atoms with Gasteiger partial charge in [0, 0.05) is 13.8 Å². The summed E-state index contributed by atoms with van der Waals surface area (Å²) in [6.07, 6.45) is 0. The second kappa shape index (κ2) is 16.3. The van der Waals surface area contributed by atoms with Crippen LogP contribution >= 0.6 is 0 Å². The van der Waals surface area contributed by atoms with Gasteiger partial charge in [0.2, 0.25) is 0 Å². The van der Waals surface area contributed by atoms with Crippen molar-refractivity contribution in [1.29, 1.82) is 0 Å². The third-order valence-corrected chi connectivity index (χ3v) is 0.348. The van der Waals surface area contributed by atoms with Gasteiger partial charge < -0.3 is 14.6 Å². The molecule has 72 valence electrons. The van der Waals surface area contributed by atoms with E-state index in [0.29, 0.717) is 6.61 Å². The third kappa shape index (κ3) is 192. The first-order chi connectivity index (χ1) is 5.50. The van der Waals surface area contributed by atoms with Gasteiger partial charge in [0.25, 0.3) is 5.97 Å². The summed E-state index contributed by atoms with van der Waals surface area (Å²) < 4.78 is 4.40. The van der Waals surface area contributed by atoms with Gasteiger partial charge in [-0.2, -0.15) is 0 Å². The average Bonchev–Trinajstić information content (AvgIpc) is 1.90. The quantitative estimate of drug-likeness (QED) is 0.590. The largest absolute Gasteiger partial charge is 0.481 e. The zero-order valence-electron chi connectivity index (χ0n) is 7.49. The zero-order valence-corrected chi connectivity index (χ0v) is 7.49. The lowest BCUT2D eigenvalue weighted by atomic mass is 10.8. The van der Waals surface area contributed by atoms with Gasteiger partial charge in [-0.15, -0.1) is 0 Å². The number of hydrogen-bond donors (Lipinski definition) is 1. The van der Waals surface area contributed by atoms with Crippen molar-refractivity contribution in [2.75, 3.05) is 6.61 Å². The highest BCUT2D eigenvalue weighted by atomic mass is 16.5. The van der Waals surface area contributed by atoms with Gasteiger partial charge in [-0.3, -0.25) is 9.59 Å². The molecule has 0 aliphatic rings. The van der Waals surface area contributed by atoms with Gasteiger partial charge in [0.15, 0.2) is 0 Å². The predicted molar refractivity (Wildman–Crippen MR) is 42.7 cm³/mol. The van der Waals surface area contributed by atoms with Crippen molar-refractivity contribution in [2.24, 2.45) is 0 Å². The second-order valence-corrected chi connectivity index (χ2v) is 1.44. The molecule has 0 radical (unpaired) electrons. The normalized spacial score (nSPS) is 6.25. The molecule has 5 heteroatoms. The fourth-order valence-corrected chi connectivity index (χ4v) is 0.203. The van der Waals surface area contributed by atoms with Crippen LogP contribution < -0.4 is 0 Å². The third-order valence-electron chi connectivity index (χ3n) is 0.348. The Labute approximate surface area is 71.3 Å². The van der Waals surface area contributed by atoms with Crippen LogP contribution in [-0.4, -0.2) is 30.4 Å². The molecule has 0 aromatic heterocycles. The lowest BCUT2D eigenvalue weighted by Crippen LogP contribution is -1.95. The molecule has 0 aromatic rings. The summed E-state index contributed by atoms with van der Waals surface area (Å²) in [5.41, 5.74) is 0. The molecule has 1 N–H and O–H groups in total. The minimum Gasteiger partial charge on any atom is -0.481 e. The molecule has 0 heterocycles. The van der Waals surface area contributed by atoms with Crippen molar-refractivity contribution in [1.82, 2.24) is 0 Å². The Morgan fingerprint density at radius 1 is 1.33 bits per heavy atom. The van der Waals surface area contributed by atoms with E-state index >= 15 is 0 Å². The highest BCUT2D eigenvalue weighted by Gasteiger charge is 1.81. The van der Waals surface area contributed by atoms with E-state index in [-0.39, 0.29) is 5.97 Å². The molecule has 0 bridgehead atoms. The molecule has 5 nitrogen and oxygen atoms in total. The molecule has 0 saturated carbocycles. The Morgan fingerprint density at radius 2 is 1.58 bits per heavy atom. The first kappa shape index (κ1) is 16.9. The number of esters is 1. The van der Waals surface area contributed by atoms with Gasteiger partial charge in [-0.25, -0.2) is 0 Å². The van der Waals surface area contributed by atoms with Crippen LogP contribution in [0, 0.1) is 0 Å². The fraction of sp³-hybridized carbons (Fsp3) is 0.571. The minimum atomic E-state index is -0.833. The summed E-state index contributed by atoms with van der Waals surface area (Å²) in [7, 11) is 0. The van der Waals surface area contributed by atoms with Crippen molar-refractivity contribution >= 4 is 18.7 Å². The number of hydrogen-bond acceptors (Lipinski definition) is 4. The lowest BCUT2D eigenvalue weighted by molar-refractivity contribution is -0.140. The molecule has 0 aliphatic heterocycles. The van der Waals surface area contributed by atoms with Crippen molar-refractivity contribution < 1.29 is 24.2 Å². The van der Waals surface area contributed by atoms with Gasteiger partial charge in [0.05, 0.1) is 6.61 Å². The Morgan fingerprint density at radius 3 is 1.58 bits per heavy atom. The van der Waals surface area contributed by atoms with Crippen LogP contribution in [0.3, 0.4) is 0 Å². The average molecular weight is 178 g/mol. The molecule has 0 fully saturated rings. The molecule has 0 saturated heterocycles. The van der Waals surface area contributed by atoms with Crippen LogP contribution in [0.25, 0.3) is 0 Å². The number of aliphatic carboxylic acids is 1. The molecule has 0 spiro atoms. The van der Waals surface area contributed by atoms with Gasteiger partial charge in [-0.05, 0) is 6.92 Å². The van der Waals surface area contributed by atoms with E-state index in [1.807, 2.05) is 6.79 Å². The summed E-state index contributed by atoms with van der Waals surface area (Å²) in [5.74, 6) is -1.04. The number of carboxylic acid groups (broad SMARTS) is 1. The van der Waals surface area contributed by atoms with Crippen molar-refractivity contribution in [3.05, 3.63) is 0 Å². The van der Waals surface area contributed by atoms with Crippen LogP contribution in [0.4, 0.5) is 0 Å². The monoisotopic (exact) mass is 178 g/mol. The number of carbonyl (C=O) groups is 3. The summed E-state index contributed by atoms with van der Waals surface area (Å²) in [6, 6.07) is 0. The molecular formula is C7H14O5. The Balaban J connectivity index is -0.000000118. The second-order valence-electron chi connectivity index (χ2n) is 1.44. The topological polar surface area (TPSA) is 80.7 Å². The minimum absolute atomic E-state index is 0.211. The first-order valence-corrected chi connectivity index (χ1v) is 3.12. The lowest BCUT2D eigenvalue weighted by Gasteiger charge is -1.89. The number of ether oxygens (including phenoxy) is 1. The van der Waals surface area contributed by atoms with Gasteiger partial charge in [0.1, 0.15) is 6.79 Å². The zero-order chi connectivity index (χ0) is 10.6. The molecule has 12 heavy (non-hydrogen) atoms. The maximum absolute atomic E-state index is 9.82. The number of rotatable bonds is 1. The Kier molecular flexibility index (Phi) is 23.0. The molecule has 0 atom stereocenters. The van der Waals surface area contributed by atoms with E-state index in [4.69, 9.17) is 14.7 Å². The standard InChI is InChI=1S/C4H8O2.C2H4O2.CH2O/c1-3-6-4(2)5;1-2(3)4;1-2/h3H2,1-2H3;1H3,(H,3,4);1H2. The van der Waals surface area contributed by atoms with Crippen LogP contribution in [-0.2, 0) is 19.1 Å². The van der Waals surface area contributed by atoms with E-state index < -0.39 is 5.97 Å². The van der Waals surface area contributed by atoms with Crippen molar-refractivity contribution in [3.8, 4) is 0 Å². The predicted octanol–water partition coefficient (Wildman–Crippen LogP) is 0.475. The number of carboxylic acids is 1. The maximum atomic E-state index is 9.82. The first-order valence-electron chi connectivity index (χ1n) is 3.12. The molecular weight excluding hydrogens is 164 g/mol. The summed E-state index contributed by atoms with van der Waals surface area (Å²) in [4.78, 5) is 26.8. The molecule has 0 amide bonds. The Hall–Kier alpha value is -1.39. The van der Waals surface area contributed by atoms with E-state index in [1.165, 1.54) is 6.92 Å². The van der Waals surface area contributed by atoms with Crippen LogP contribution in [0.5, 0.6) is 0 Å². The SMILES string of the molecule is C=O.CC(=O)O.CCOC(C)=O. The summed E-state index contributed by atoms with van der Waals surface area (Å²) in [6.45, 7) is 6.74. The molecule has 0 rings (SSSR count).